The van der Waals surface area contributed by atoms with E-state index in [1.165, 1.54) is 12.1 Å². The molecule has 0 radical (unpaired) electrons. The zero-order chi connectivity index (χ0) is 17.2. The number of aliphatic hydroxyl groups is 1. The maximum Gasteiger partial charge on any atom is 0.124 e. The minimum Gasteiger partial charge on any atom is -0.489 e. The molecule has 130 valence electrons. The Bertz CT molecular complexity index is 603. The standard InChI is InChI=1S/C19H25FN2O2/c1-15(23)12-21-10-11-22-13-17-4-2-3-5-19(17)24-14-16-6-8-18(20)9-7-16/h2-9,15,21-23H,10-14H2,1H3. The Morgan fingerprint density at radius 2 is 1.75 bits per heavy atom. The molecule has 2 aromatic carbocycles. The number of hydrogen-bond acceptors (Lipinski definition) is 4. The smallest absolute Gasteiger partial charge is 0.124 e. The molecule has 0 saturated carbocycles. The molecule has 0 aliphatic heterocycles. The van der Waals surface area contributed by atoms with Crippen LogP contribution in [0.4, 0.5) is 4.39 Å². The summed E-state index contributed by atoms with van der Waals surface area (Å²) in [6.45, 7) is 5.07. The van der Waals surface area contributed by atoms with Crippen molar-refractivity contribution in [2.24, 2.45) is 0 Å². The van der Waals surface area contributed by atoms with Gasteiger partial charge in [-0.2, -0.15) is 0 Å². The van der Waals surface area contributed by atoms with Crippen LogP contribution >= 0.6 is 0 Å². The van der Waals surface area contributed by atoms with E-state index >= 15 is 0 Å². The highest BCUT2D eigenvalue weighted by Crippen LogP contribution is 2.19. The SMILES string of the molecule is CC(O)CNCCNCc1ccccc1OCc1ccc(F)cc1. The molecule has 0 bridgehead atoms. The molecule has 4 nitrogen and oxygen atoms in total. The van der Waals surface area contributed by atoms with Gasteiger partial charge in [-0.25, -0.2) is 4.39 Å². The van der Waals surface area contributed by atoms with Crippen LogP contribution in [0.3, 0.4) is 0 Å². The van der Waals surface area contributed by atoms with Crippen molar-refractivity contribution < 1.29 is 14.2 Å². The number of aliphatic hydroxyl groups excluding tert-OH is 1. The molecule has 0 heterocycles. The molecule has 0 spiro atoms. The third-order valence-corrected chi connectivity index (χ3v) is 3.51. The first-order valence-corrected chi connectivity index (χ1v) is 8.20. The van der Waals surface area contributed by atoms with Gasteiger partial charge in [0.25, 0.3) is 0 Å². The maximum absolute atomic E-state index is 12.9. The van der Waals surface area contributed by atoms with Crippen molar-refractivity contribution in [1.82, 2.24) is 10.6 Å². The van der Waals surface area contributed by atoms with E-state index in [9.17, 15) is 9.50 Å². The molecule has 24 heavy (non-hydrogen) atoms. The molecule has 5 heteroatoms. The number of ether oxygens (including phenoxy) is 1. The fourth-order valence-corrected chi connectivity index (χ4v) is 2.24. The van der Waals surface area contributed by atoms with Crippen molar-refractivity contribution in [2.75, 3.05) is 19.6 Å². The lowest BCUT2D eigenvalue weighted by molar-refractivity contribution is 0.191. The van der Waals surface area contributed by atoms with Gasteiger partial charge in [-0.05, 0) is 30.7 Å². The molecule has 0 amide bonds. The number of rotatable bonds is 10. The summed E-state index contributed by atoms with van der Waals surface area (Å²) in [5, 5.41) is 15.7. The van der Waals surface area contributed by atoms with Gasteiger partial charge in [0.15, 0.2) is 0 Å². The van der Waals surface area contributed by atoms with E-state index in [0.717, 1.165) is 30.0 Å². The van der Waals surface area contributed by atoms with E-state index < -0.39 is 0 Å². The zero-order valence-corrected chi connectivity index (χ0v) is 14.0. The Balaban J connectivity index is 1.78. The Hall–Kier alpha value is -1.95. The van der Waals surface area contributed by atoms with E-state index in [1.807, 2.05) is 24.3 Å². The summed E-state index contributed by atoms with van der Waals surface area (Å²) in [6, 6.07) is 14.2. The summed E-state index contributed by atoms with van der Waals surface area (Å²) in [5.74, 6) is 0.582. The number of nitrogens with one attached hydrogen (secondary N) is 2. The molecular weight excluding hydrogens is 307 g/mol. The van der Waals surface area contributed by atoms with Crippen molar-refractivity contribution in [3.8, 4) is 5.75 Å². The minimum atomic E-state index is -0.328. The van der Waals surface area contributed by atoms with Crippen LogP contribution in [0.5, 0.6) is 5.75 Å². The van der Waals surface area contributed by atoms with Gasteiger partial charge in [0.2, 0.25) is 0 Å². The largest absolute Gasteiger partial charge is 0.489 e. The van der Waals surface area contributed by atoms with Crippen molar-refractivity contribution in [3.05, 3.63) is 65.5 Å². The number of halogens is 1. The van der Waals surface area contributed by atoms with Crippen LogP contribution in [0.15, 0.2) is 48.5 Å². The Morgan fingerprint density at radius 3 is 2.50 bits per heavy atom. The highest BCUT2D eigenvalue weighted by Gasteiger charge is 2.03. The second-order valence-corrected chi connectivity index (χ2v) is 5.75. The molecule has 3 N–H and O–H groups in total. The van der Waals surface area contributed by atoms with Gasteiger partial charge < -0.3 is 20.5 Å². The maximum atomic E-state index is 12.9. The van der Waals surface area contributed by atoms with E-state index in [-0.39, 0.29) is 11.9 Å². The molecule has 2 aromatic rings. The van der Waals surface area contributed by atoms with Gasteiger partial charge >= 0.3 is 0 Å². The summed E-state index contributed by atoms with van der Waals surface area (Å²) in [5.41, 5.74) is 2.01. The lowest BCUT2D eigenvalue weighted by Gasteiger charge is -2.13. The third-order valence-electron chi connectivity index (χ3n) is 3.51. The summed E-state index contributed by atoms with van der Waals surface area (Å²) in [4.78, 5) is 0. The summed E-state index contributed by atoms with van der Waals surface area (Å²) >= 11 is 0. The third kappa shape index (κ3) is 6.66. The molecular formula is C19H25FN2O2. The van der Waals surface area contributed by atoms with Gasteiger partial charge in [-0.3, -0.25) is 0 Å². The Kier molecular flexibility index (Phi) is 7.68. The van der Waals surface area contributed by atoms with Crippen LogP contribution in [-0.4, -0.2) is 30.8 Å². The van der Waals surface area contributed by atoms with E-state index in [1.54, 1.807) is 19.1 Å². The van der Waals surface area contributed by atoms with Crippen LogP contribution in [0, 0.1) is 5.82 Å². The molecule has 0 aromatic heterocycles. The lowest BCUT2D eigenvalue weighted by Crippen LogP contribution is -2.31. The summed E-state index contributed by atoms with van der Waals surface area (Å²) < 4.78 is 18.8. The normalized spacial score (nSPS) is 12.1. The predicted molar refractivity (Wildman–Crippen MR) is 93.4 cm³/mol. The van der Waals surface area contributed by atoms with E-state index in [0.29, 0.717) is 19.7 Å². The first kappa shape index (κ1) is 18.4. The predicted octanol–water partition coefficient (Wildman–Crippen LogP) is 2.46. The van der Waals surface area contributed by atoms with E-state index in [4.69, 9.17) is 4.74 Å². The quantitative estimate of drug-likeness (QED) is 0.585. The van der Waals surface area contributed by atoms with Crippen molar-refractivity contribution in [3.63, 3.8) is 0 Å². The second-order valence-electron chi connectivity index (χ2n) is 5.75. The van der Waals surface area contributed by atoms with Crippen molar-refractivity contribution in [1.29, 1.82) is 0 Å². The summed E-state index contributed by atoms with van der Waals surface area (Å²) in [7, 11) is 0. The van der Waals surface area contributed by atoms with Crippen molar-refractivity contribution >= 4 is 0 Å². The van der Waals surface area contributed by atoms with Gasteiger partial charge in [0.1, 0.15) is 18.2 Å². The molecule has 1 unspecified atom stereocenters. The minimum absolute atomic E-state index is 0.243. The van der Waals surface area contributed by atoms with Crippen molar-refractivity contribution in [2.45, 2.75) is 26.2 Å². The molecule has 0 saturated heterocycles. The van der Waals surface area contributed by atoms with Crippen LogP contribution in [-0.2, 0) is 13.2 Å². The molecule has 2 rings (SSSR count). The van der Waals surface area contributed by atoms with Crippen LogP contribution in [0.1, 0.15) is 18.1 Å². The monoisotopic (exact) mass is 332 g/mol. The molecule has 0 fully saturated rings. The van der Waals surface area contributed by atoms with Crippen LogP contribution < -0.4 is 15.4 Å². The average Bonchev–Trinajstić information content (AvgIpc) is 2.58. The number of hydrogen-bond donors (Lipinski definition) is 3. The first-order chi connectivity index (χ1) is 11.6. The fourth-order valence-electron chi connectivity index (χ4n) is 2.24. The van der Waals surface area contributed by atoms with Crippen LogP contribution in [0.25, 0.3) is 0 Å². The van der Waals surface area contributed by atoms with E-state index in [2.05, 4.69) is 10.6 Å². The van der Waals surface area contributed by atoms with Gasteiger partial charge in [-0.1, -0.05) is 30.3 Å². The topological polar surface area (TPSA) is 53.5 Å². The van der Waals surface area contributed by atoms with Gasteiger partial charge in [0, 0.05) is 31.7 Å². The number of benzene rings is 2. The summed E-state index contributed by atoms with van der Waals surface area (Å²) in [6.07, 6.45) is -0.328. The Morgan fingerprint density at radius 1 is 1.04 bits per heavy atom. The first-order valence-electron chi connectivity index (χ1n) is 8.20. The molecule has 0 aliphatic carbocycles. The Labute approximate surface area is 142 Å². The molecule has 0 aliphatic rings. The second kappa shape index (κ2) is 10.0. The number of para-hydroxylation sites is 1. The average molecular weight is 332 g/mol. The molecule has 1 atom stereocenters. The fraction of sp³-hybridized carbons (Fsp3) is 0.368. The zero-order valence-electron chi connectivity index (χ0n) is 14.0. The van der Waals surface area contributed by atoms with Crippen LogP contribution in [0.2, 0.25) is 0 Å². The highest BCUT2D eigenvalue weighted by atomic mass is 19.1. The lowest BCUT2D eigenvalue weighted by atomic mass is 10.2. The van der Waals surface area contributed by atoms with Gasteiger partial charge in [-0.15, -0.1) is 0 Å². The van der Waals surface area contributed by atoms with Gasteiger partial charge in [0.05, 0.1) is 6.10 Å². The highest BCUT2D eigenvalue weighted by molar-refractivity contribution is 5.33.